The lowest BCUT2D eigenvalue weighted by Gasteiger charge is -2.31. The molecule has 1 fully saturated rings. The smallest absolute Gasteiger partial charge is 0.370 e. The summed E-state index contributed by atoms with van der Waals surface area (Å²) in [6.45, 7) is 3.85. The molecule has 1 saturated carbocycles. The van der Waals surface area contributed by atoms with E-state index in [0.717, 1.165) is 24.7 Å². The Hall–Kier alpha value is -2.83. The van der Waals surface area contributed by atoms with E-state index in [9.17, 15) is 13.2 Å². The van der Waals surface area contributed by atoms with Gasteiger partial charge in [-0.2, -0.15) is 28.5 Å². The highest BCUT2D eigenvalue weighted by Crippen LogP contribution is 2.39. The monoisotopic (exact) mass is 365 g/mol. The van der Waals surface area contributed by atoms with Crippen LogP contribution in [0.25, 0.3) is 0 Å². The maximum atomic E-state index is 13.0. The Bertz CT molecular complexity index is 831. The van der Waals surface area contributed by atoms with Gasteiger partial charge in [0.2, 0.25) is 5.95 Å². The van der Waals surface area contributed by atoms with Gasteiger partial charge in [-0.05, 0) is 26.7 Å². The van der Waals surface area contributed by atoms with Crippen LogP contribution in [0.15, 0.2) is 12.4 Å². The molecule has 0 unspecified atom stereocenters. The third-order valence-corrected chi connectivity index (χ3v) is 4.37. The third-order valence-electron chi connectivity index (χ3n) is 4.37. The Balaban J connectivity index is 1.80. The second kappa shape index (κ2) is 6.82. The lowest BCUT2D eigenvalue weighted by Crippen LogP contribution is -2.27. The fraction of sp³-hybridized carbons (Fsp3) is 0.500. The van der Waals surface area contributed by atoms with Crippen molar-refractivity contribution in [3.8, 4) is 6.07 Å². The minimum Gasteiger partial charge on any atom is -0.370 e. The van der Waals surface area contributed by atoms with Crippen molar-refractivity contribution in [1.82, 2.24) is 19.7 Å². The van der Waals surface area contributed by atoms with Crippen molar-refractivity contribution in [1.29, 1.82) is 5.26 Å². The lowest BCUT2D eigenvalue weighted by atomic mass is 9.81. The van der Waals surface area contributed by atoms with Crippen molar-refractivity contribution >= 4 is 17.5 Å². The van der Waals surface area contributed by atoms with Gasteiger partial charge in [0.1, 0.15) is 11.4 Å². The Morgan fingerprint density at radius 1 is 1.35 bits per heavy atom. The Morgan fingerprint density at radius 3 is 2.69 bits per heavy atom. The summed E-state index contributed by atoms with van der Waals surface area (Å²) in [4.78, 5) is 7.72. The largest absolute Gasteiger partial charge is 0.421 e. The average molecular weight is 365 g/mol. The van der Waals surface area contributed by atoms with Crippen molar-refractivity contribution in [2.75, 3.05) is 17.2 Å². The molecule has 0 radical (unpaired) electrons. The number of hydrogen-bond acceptors (Lipinski definition) is 6. The summed E-state index contributed by atoms with van der Waals surface area (Å²) >= 11 is 0. The highest BCUT2D eigenvalue weighted by atomic mass is 19.4. The van der Waals surface area contributed by atoms with Crippen LogP contribution in [0.5, 0.6) is 0 Å². The van der Waals surface area contributed by atoms with Crippen molar-refractivity contribution < 1.29 is 13.2 Å². The van der Waals surface area contributed by atoms with Gasteiger partial charge in [-0.1, -0.05) is 0 Å². The molecule has 2 N–H and O–H groups in total. The molecule has 0 aliphatic heterocycles. The van der Waals surface area contributed by atoms with E-state index in [1.165, 1.54) is 0 Å². The molecule has 0 saturated heterocycles. The predicted molar refractivity (Wildman–Crippen MR) is 88.8 cm³/mol. The molecule has 0 bridgehead atoms. The van der Waals surface area contributed by atoms with Gasteiger partial charge in [-0.25, -0.2) is 4.98 Å². The van der Waals surface area contributed by atoms with Gasteiger partial charge in [0, 0.05) is 12.7 Å². The van der Waals surface area contributed by atoms with Crippen LogP contribution in [0.2, 0.25) is 0 Å². The molecular formula is C16H18F3N7. The van der Waals surface area contributed by atoms with Crippen LogP contribution in [0.1, 0.15) is 37.1 Å². The van der Waals surface area contributed by atoms with Crippen molar-refractivity contribution in [3.63, 3.8) is 0 Å². The number of nitrogens with one attached hydrogen (secondary N) is 2. The SMILES string of the molecule is CCNc1nc(Nc2cnn(C3CC(C#N)C3)c2C)ncc1C(F)(F)F. The fourth-order valence-corrected chi connectivity index (χ4v) is 2.88. The first-order valence-electron chi connectivity index (χ1n) is 8.22. The van der Waals surface area contributed by atoms with Gasteiger partial charge in [0.15, 0.2) is 0 Å². The van der Waals surface area contributed by atoms with Gasteiger partial charge in [-0.15, -0.1) is 0 Å². The molecule has 2 aromatic rings. The number of halogens is 3. The number of hydrogen-bond donors (Lipinski definition) is 2. The minimum atomic E-state index is -4.53. The second-order valence-corrected chi connectivity index (χ2v) is 6.15. The van der Waals surface area contributed by atoms with E-state index in [4.69, 9.17) is 5.26 Å². The van der Waals surface area contributed by atoms with E-state index in [2.05, 4.69) is 31.8 Å². The number of nitriles is 1. The van der Waals surface area contributed by atoms with E-state index in [-0.39, 0.29) is 23.7 Å². The molecule has 2 heterocycles. The van der Waals surface area contributed by atoms with E-state index < -0.39 is 11.7 Å². The van der Waals surface area contributed by atoms with Gasteiger partial charge in [0.25, 0.3) is 0 Å². The molecule has 3 rings (SSSR count). The molecule has 138 valence electrons. The normalized spacial score (nSPS) is 19.5. The van der Waals surface area contributed by atoms with Crippen LogP contribution >= 0.6 is 0 Å². The first-order chi connectivity index (χ1) is 12.3. The van der Waals surface area contributed by atoms with Crippen LogP contribution in [0, 0.1) is 24.2 Å². The summed E-state index contributed by atoms with van der Waals surface area (Å²) < 4.78 is 40.9. The number of rotatable bonds is 5. The molecule has 0 spiro atoms. The van der Waals surface area contributed by atoms with Gasteiger partial charge < -0.3 is 10.6 Å². The predicted octanol–water partition coefficient (Wildman–Crippen LogP) is 3.65. The van der Waals surface area contributed by atoms with Crippen molar-refractivity contribution in [3.05, 3.63) is 23.7 Å². The molecule has 0 amide bonds. The standard InChI is InChI=1S/C16H18F3N7/c1-3-21-14-12(16(17,18)19)7-22-15(25-14)24-13-8-23-26(9(13)2)11-4-10(5-11)6-20/h7-8,10-11H,3-5H2,1-2H3,(H2,21,22,24,25). The summed E-state index contributed by atoms with van der Waals surface area (Å²) in [5.41, 5.74) is 0.529. The number of nitrogens with zero attached hydrogens (tertiary/aromatic N) is 5. The van der Waals surface area contributed by atoms with Gasteiger partial charge in [-0.3, -0.25) is 4.68 Å². The van der Waals surface area contributed by atoms with Crippen molar-refractivity contribution in [2.45, 2.75) is 38.9 Å². The molecular weight excluding hydrogens is 347 g/mol. The molecule has 7 nitrogen and oxygen atoms in total. The Kier molecular flexibility index (Phi) is 4.71. The highest BCUT2D eigenvalue weighted by molar-refractivity contribution is 5.58. The first-order valence-corrected chi connectivity index (χ1v) is 8.22. The van der Waals surface area contributed by atoms with E-state index in [0.29, 0.717) is 12.2 Å². The number of anilines is 3. The first kappa shape index (κ1) is 18.0. The topological polar surface area (TPSA) is 91.5 Å². The lowest BCUT2D eigenvalue weighted by molar-refractivity contribution is -0.137. The molecule has 10 heteroatoms. The maximum absolute atomic E-state index is 13.0. The average Bonchev–Trinajstić information content (AvgIpc) is 2.87. The summed E-state index contributed by atoms with van der Waals surface area (Å²) in [6, 6.07) is 2.39. The molecule has 0 atom stereocenters. The maximum Gasteiger partial charge on any atom is 0.421 e. The van der Waals surface area contributed by atoms with E-state index in [1.54, 1.807) is 13.1 Å². The van der Waals surface area contributed by atoms with Crippen LogP contribution in [-0.2, 0) is 6.18 Å². The molecule has 26 heavy (non-hydrogen) atoms. The summed E-state index contributed by atoms with van der Waals surface area (Å²) in [7, 11) is 0. The third kappa shape index (κ3) is 3.42. The van der Waals surface area contributed by atoms with Crippen LogP contribution in [-0.4, -0.2) is 26.3 Å². The molecule has 2 aromatic heterocycles. The highest BCUT2D eigenvalue weighted by Gasteiger charge is 2.35. The zero-order chi connectivity index (χ0) is 18.9. The summed E-state index contributed by atoms with van der Waals surface area (Å²) in [6.07, 6.45) is -0.683. The zero-order valence-electron chi connectivity index (χ0n) is 14.3. The number of alkyl halides is 3. The second-order valence-electron chi connectivity index (χ2n) is 6.15. The van der Waals surface area contributed by atoms with Crippen LogP contribution < -0.4 is 10.6 Å². The van der Waals surface area contributed by atoms with Crippen LogP contribution in [0.3, 0.4) is 0 Å². The molecule has 1 aliphatic carbocycles. The minimum absolute atomic E-state index is 0.0557. The van der Waals surface area contributed by atoms with Gasteiger partial charge in [0.05, 0.1) is 35.6 Å². The summed E-state index contributed by atoms with van der Waals surface area (Å²) in [5.74, 6) is -0.153. The Morgan fingerprint density at radius 2 is 2.08 bits per heavy atom. The summed E-state index contributed by atoms with van der Waals surface area (Å²) in [5, 5.41) is 18.7. The quantitative estimate of drug-likeness (QED) is 0.840. The van der Waals surface area contributed by atoms with Gasteiger partial charge >= 0.3 is 6.18 Å². The Labute approximate surface area is 148 Å². The molecule has 1 aliphatic rings. The zero-order valence-corrected chi connectivity index (χ0v) is 14.3. The van der Waals surface area contributed by atoms with Crippen LogP contribution in [0.4, 0.5) is 30.6 Å². The number of aromatic nitrogens is 4. The van der Waals surface area contributed by atoms with E-state index in [1.807, 2.05) is 11.6 Å². The van der Waals surface area contributed by atoms with Crippen molar-refractivity contribution in [2.24, 2.45) is 5.92 Å². The van der Waals surface area contributed by atoms with E-state index >= 15 is 0 Å². The fourth-order valence-electron chi connectivity index (χ4n) is 2.88. The molecule has 0 aromatic carbocycles.